The van der Waals surface area contributed by atoms with E-state index in [1.807, 2.05) is 48.5 Å². The number of rotatable bonds is 2. The van der Waals surface area contributed by atoms with E-state index in [4.69, 9.17) is 10.5 Å². The number of fused-ring (bicyclic) bond motifs is 2. The molecule has 2 aliphatic rings. The first-order valence-electron chi connectivity index (χ1n) is 8.15. The van der Waals surface area contributed by atoms with Crippen LogP contribution in [0.25, 0.3) is 0 Å². The van der Waals surface area contributed by atoms with Gasteiger partial charge in [-0.3, -0.25) is 10.5 Å². The van der Waals surface area contributed by atoms with Crippen molar-refractivity contribution in [2.45, 2.75) is 5.66 Å². The first-order chi connectivity index (χ1) is 12.5. The number of likely N-dealkylation sites (N-methyl/N-ethyl adjacent to an activating group) is 1. The number of carbonyl (C=O) groups is 1. The number of nitrogens with zero attached hydrogens (tertiary/aromatic N) is 1. The average Bonchev–Trinajstić information content (AvgIpc) is 2.84. The van der Waals surface area contributed by atoms with Crippen molar-refractivity contribution in [2.75, 3.05) is 24.4 Å². The molecule has 0 saturated carbocycles. The van der Waals surface area contributed by atoms with Crippen molar-refractivity contribution in [1.82, 2.24) is 5.32 Å². The number of para-hydroxylation sites is 3. The van der Waals surface area contributed by atoms with Gasteiger partial charge in [-0.2, -0.15) is 5.32 Å². The van der Waals surface area contributed by atoms with E-state index in [0.29, 0.717) is 11.7 Å². The molecule has 8 heteroatoms. The van der Waals surface area contributed by atoms with Crippen LogP contribution in [0.5, 0.6) is 5.75 Å². The van der Waals surface area contributed by atoms with E-state index >= 15 is 0 Å². The molecule has 0 radical (unpaired) electrons. The predicted molar refractivity (Wildman–Crippen MR) is 97.4 cm³/mol. The van der Waals surface area contributed by atoms with Gasteiger partial charge in [0, 0.05) is 7.05 Å². The zero-order valence-electron chi connectivity index (χ0n) is 14.5. The Kier molecular flexibility index (Phi) is 3.54. The molecular formula is C18H20N6O2+2. The highest BCUT2D eigenvalue weighted by Crippen LogP contribution is 2.32. The number of methoxy groups -OCH3 is 1. The minimum atomic E-state index is -1.18. The average molecular weight is 352 g/mol. The monoisotopic (exact) mass is 352 g/mol. The van der Waals surface area contributed by atoms with Gasteiger partial charge in [0.15, 0.2) is 5.75 Å². The highest BCUT2D eigenvalue weighted by Gasteiger charge is 2.55. The number of guanidine groups is 2. The number of amides is 1. The second kappa shape index (κ2) is 5.76. The Morgan fingerprint density at radius 2 is 1.88 bits per heavy atom. The van der Waals surface area contributed by atoms with Gasteiger partial charge in [0.05, 0.1) is 18.4 Å². The molecule has 0 unspecified atom stereocenters. The van der Waals surface area contributed by atoms with E-state index in [1.165, 1.54) is 0 Å². The zero-order chi connectivity index (χ0) is 18.3. The first-order valence-corrected chi connectivity index (χ1v) is 8.15. The molecule has 2 heterocycles. The maximum Gasteiger partial charge on any atom is 0.361 e. The highest BCUT2D eigenvalue weighted by molar-refractivity contribution is 6.08. The largest absolute Gasteiger partial charge is 0.493 e. The van der Waals surface area contributed by atoms with Gasteiger partial charge in [-0.05, 0) is 24.3 Å². The lowest BCUT2D eigenvalue weighted by atomic mass is 10.0. The van der Waals surface area contributed by atoms with Crippen LogP contribution in [-0.2, 0) is 10.5 Å². The van der Waals surface area contributed by atoms with E-state index < -0.39 is 5.66 Å². The Morgan fingerprint density at radius 1 is 1.15 bits per heavy atom. The summed E-state index contributed by atoms with van der Waals surface area (Å²) in [5, 5.41) is 6.19. The summed E-state index contributed by atoms with van der Waals surface area (Å²) in [6.07, 6.45) is 0. The molecule has 2 aromatic rings. The molecule has 0 aliphatic carbocycles. The topological polar surface area (TPSA) is 108 Å². The Morgan fingerprint density at radius 3 is 2.69 bits per heavy atom. The van der Waals surface area contributed by atoms with Gasteiger partial charge >= 0.3 is 23.5 Å². The SMILES string of the molecule is COc1ccccc1NC1=[NH+][C@]2([NH+]=C(N)N1)C(=O)N(C)c1ccccc12. The van der Waals surface area contributed by atoms with Crippen LogP contribution >= 0.6 is 0 Å². The van der Waals surface area contributed by atoms with Gasteiger partial charge in [0.1, 0.15) is 5.69 Å². The minimum absolute atomic E-state index is 0.150. The highest BCUT2D eigenvalue weighted by atomic mass is 16.5. The van der Waals surface area contributed by atoms with Crippen LogP contribution < -0.4 is 36.0 Å². The fourth-order valence-electron chi connectivity index (χ4n) is 3.36. The van der Waals surface area contributed by atoms with Crippen LogP contribution in [0, 0.1) is 0 Å². The lowest BCUT2D eigenvalue weighted by Gasteiger charge is -2.22. The van der Waals surface area contributed by atoms with E-state index in [-0.39, 0.29) is 11.9 Å². The van der Waals surface area contributed by atoms with Gasteiger partial charge in [-0.1, -0.05) is 24.3 Å². The number of benzene rings is 2. The smallest absolute Gasteiger partial charge is 0.361 e. The molecule has 1 atom stereocenters. The Labute approximate surface area is 150 Å². The third-order valence-electron chi connectivity index (χ3n) is 4.56. The molecular weight excluding hydrogens is 332 g/mol. The Bertz CT molecular complexity index is 954. The maximum absolute atomic E-state index is 13.0. The fourth-order valence-corrected chi connectivity index (χ4v) is 3.36. The second-order valence-electron chi connectivity index (χ2n) is 6.12. The summed E-state index contributed by atoms with van der Waals surface area (Å²) in [5.74, 6) is 1.26. The van der Waals surface area contributed by atoms with Gasteiger partial charge < -0.3 is 9.64 Å². The molecule has 6 N–H and O–H groups in total. The Balaban J connectivity index is 1.80. The molecule has 2 aromatic carbocycles. The van der Waals surface area contributed by atoms with Crippen LogP contribution in [0.2, 0.25) is 0 Å². The summed E-state index contributed by atoms with van der Waals surface area (Å²) in [6, 6.07) is 15.1. The van der Waals surface area contributed by atoms with Crippen molar-refractivity contribution in [3.8, 4) is 5.75 Å². The summed E-state index contributed by atoms with van der Waals surface area (Å²) >= 11 is 0. The van der Waals surface area contributed by atoms with Crippen molar-refractivity contribution in [1.29, 1.82) is 0 Å². The van der Waals surface area contributed by atoms with Crippen molar-refractivity contribution >= 4 is 29.2 Å². The van der Waals surface area contributed by atoms with Crippen LogP contribution in [0.3, 0.4) is 0 Å². The van der Waals surface area contributed by atoms with E-state index in [2.05, 4.69) is 20.6 Å². The van der Waals surface area contributed by atoms with Gasteiger partial charge in [0.2, 0.25) is 0 Å². The molecule has 4 rings (SSSR count). The van der Waals surface area contributed by atoms with Crippen molar-refractivity contribution in [3.63, 3.8) is 0 Å². The third kappa shape index (κ3) is 2.26. The molecule has 1 spiro atoms. The standard InChI is InChI=1S/C18H18N6O2/c1-24-13-9-5-3-7-11(13)18(15(24)25)22-16(19)21-17(23-18)20-12-8-4-6-10-14(12)26-2/h3-10H,1-2H3,(H4,19,20,21,22,23)/p+2/t18-/m0/s1. The number of nitrogens with one attached hydrogen (secondary N) is 4. The quantitative estimate of drug-likeness (QED) is 0.407. The van der Waals surface area contributed by atoms with Gasteiger partial charge in [-0.25, -0.2) is 15.3 Å². The van der Waals surface area contributed by atoms with E-state index in [1.54, 1.807) is 19.1 Å². The van der Waals surface area contributed by atoms with Crippen LogP contribution in [-0.4, -0.2) is 32.0 Å². The number of anilines is 2. The number of nitrogens with two attached hydrogens (primary N) is 1. The summed E-state index contributed by atoms with van der Waals surface area (Å²) in [5.41, 5.74) is 7.25. The number of ether oxygens (including phenoxy) is 1. The van der Waals surface area contributed by atoms with Crippen LogP contribution in [0.15, 0.2) is 48.5 Å². The van der Waals surface area contributed by atoms with Crippen molar-refractivity contribution in [2.24, 2.45) is 5.73 Å². The minimum Gasteiger partial charge on any atom is -0.493 e. The lowest BCUT2D eigenvalue weighted by Crippen LogP contribution is -3.14. The molecule has 26 heavy (non-hydrogen) atoms. The third-order valence-corrected chi connectivity index (χ3v) is 4.56. The number of hydrogen-bond donors (Lipinski definition) is 5. The molecule has 0 aromatic heterocycles. The second-order valence-corrected chi connectivity index (χ2v) is 6.12. The molecule has 2 aliphatic heterocycles. The van der Waals surface area contributed by atoms with Crippen molar-refractivity contribution in [3.05, 3.63) is 54.1 Å². The molecule has 1 amide bonds. The van der Waals surface area contributed by atoms with Gasteiger partial charge in [-0.15, -0.1) is 0 Å². The van der Waals surface area contributed by atoms with E-state index in [0.717, 1.165) is 16.9 Å². The lowest BCUT2D eigenvalue weighted by molar-refractivity contribution is -0.789. The predicted octanol–water partition coefficient (Wildman–Crippen LogP) is -2.63. The normalized spacial score (nSPS) is 21.0. The molecule has 8 nitrogen and oxygen atoms in total. The van der Waals surface area contributed by atoms with E-state index in [9.17, 15) is 4.79 Å². The molecule has 0 fully saturated rings. The van der Waals surface area contributed by atoms with Crippen LogP contribution in [0.4, 0.5) is 11.4 Å². The summed E-state index contributed by atoms with van der Waals surface area (Å²) in [7, 11) is 3.34. The fraction of sp³-hybridized carbons (Fsp3) is 0.167. The summed E-state index contributed by atoms with van der Waals surface area (Å²) < 4.78 is 5.36. The molecule has 0 saturated heterocycles. The summed E-state index contributed by atoms with van der Waals surface area (Å²) in [4.78, 5) is 20.9. The maximum atomic E-state index is 13.0. The molecule has 0 bridgehead atoms. The summed E-state index contributed by atoms with van der Waals surface area (Å²) in [6.45, 7) is 0. The first kappa shape index (κ1) is 15.9. The van der Waals surface area contributed by atoms with Crippen molar-refractivity contribution < 1.29 is 19.5 Å². The Hall–Kier alpha value is -3.55. The number of hydrogen-bond acceptors (Lipinski definition) is 5. The molecule has 132 valence electrons. The van der Waals surface area contributed by atoms with Gasteiger partial charge in [0.25, 0.3) is 0 Å². The zero-order valence-corrected chi connectivity index (χ0v) is 14.5. The number of carbonyl (C=O) groups excluding carboxylic acids is 1. The van der Waals surface area contributed by atoms with Crippen LogP contribution in [0.1, 0.15) is 5.56 Å².